The molecule has 1 saturated heterocycles. The van der Waals surface area contributed by atoms with Gasteiger partial charge in [-0.2, -0.15) is 0 Å². The monoisotopic (exact) mass is 742 g/mol. The van der Waals surface area contributed by atoms with Gasteiger partial charge in [0, 0.05) is 49.4 Å². The molecule has 2 aliphatic heterocycles. The molecule has 0 N–H and O–H groups in total. The van der Waals surface area contributed by atoms with Gasteiger partial charge in [0.1, 0.15) is 10.5 Å². The lowest BCUT2D eigenvalue weighted by molar-refractivity contribution is -0.164. The number of nitrogens with zero attached hydrogens (tertiary/aromatic N) is 4. The molecule has 1 atom stereocenters. The lowest BCUT2D eigenvalue weighted by Crippen LogP contribution is -2.51. The summed E-state index contributed by atoms with van der Waals surface area (Å²) in [5, 5.41) is 1.37. The Labute approximate surface area is 316 Å². The number of likely N-dealkylation sites (N-methyl/N-ethyl adjacent to an activating group) is 1. The molecule has 1 aromatic heterocycles. The Hall–Kier alpha value is -2.62. The van der Waals surface area contributed by atoms with Crippen LogP contribution in [0, 0.1) is 6.92 Å². The number of anilines is 1. The highest BCUT2D eigenvalue weighted by molar-refractivity contribution is 7.09. The van der Waals surface area contributed by atoms with Gasteiger partial charge in [-0.25, -0.2) is 14.7 Å². The molecular weight excluding hydrogens is 680 g/mol. The molecule has 10 heteroatoms. The highest BCUT2D eigenvalue weighted by Gasteiger charge is 2.33. The predicted molar refractivity (Wildman–Crippen MR) is 211 cm³/mol. The number of amides is 1. The SMILES string of the molecule is CCCCCCCCCCCCCCCCCCCCC(=O)OC(C)OC(=O)N1C(N2CCN(C)CC2)=c2cc(C)sc2=Nc2ccc(Cl)cc21. The zero-order valence-corrected chi connectivity index (χ0v) is 33.4. The van der Waals surface area contributed by atoms with Crippen LogP contribution < -0.4 is 14.8 Å². The van der Waals surface area contributed by atoms with Gasteiger partial charge < -0.3 is 19.3 Å². The molecule has 0 saturated carbocycles. The largest absolute Gasteiger partial charge is 0.425 e. The van der Waals surface area contributed by atoms with Crippen LogP contribution in [-0.4, -0.2) is 61.4 Å². The molecule has 1 fully saturated rings. The number of carbonyl (C=O) groups is 2. The van der Waals surface area contributed by atoms with Crippen molar-refractivity contribution in [2.24, 2.45) is 4.99 Å². The summed E-state index contributed by atoms with van der Waals surface area (Å²) >= 11 is 8.06. The summed E-state index contributed by atoms with van der Waals surface area (Å²) in [6.07, 6.45) is 22.1. The summed E-state index contributed by atoms with van der Waals surface area (Å²) < 4.78 is 12.2. The first-order chi connectivity index (χ1) is 24.8. The molecule has 2 aliphatic rings. The van der Waals surface area contributed by atoms with Gasteiger partial charge in [0.15, 0.2) is 0 Å². The number of benzene rings is 1. The third-order valence-corrected chi connectivity index (χ3v) is 11.2. The number of thiophene rings is 1. The van der Waals surface area contributed by atoms with Crippen LogP contribution in [0.4, 0.5) is 16.2 Å². The van der Waals surface area contributed by atoms with Crippen molar-refractivity contribution in [3.05, 3.63) is 44.1 Å². The number of unbranched alkanes of at least 4 members (excludes halogenated alkanes) is 17. The summed E-state index contributed by atoms with van der Waals surface area (Å²) in [6.45, 7) is 9.12. The minimum atomic E-state index is -1.04. The summed E-state index contributed by atoms with van der Waals surface area (Å²) in [5.41, 5.74) is 1.17. The standard InChI is InChI=1S/C41H63ClN4O4S/c1-5-6-7-8-9-10-11-12-13-14-15-16-17-18-19-20-21-22-23-38(47)49-33(3)50-41(48)46-37-31-34(42)24-25-36(37)43-39-35(30-32(2)51-39)40(46)45-28-26-44(4)27-29-45/h24-25,30-31,33H,5-23,26-29H2,1-4H3. The van der Waals surface area contributed by atoms with Crippen LogP contribution in [0.5, 0.6) is 0 Å². The van der Waals surface area contributed by atoms with Crippen LogP contribution in [0.25, 0.3) is 5.82 Å². The Morgan fingerprint density at radius 2 is 1.35 bits per heavy atom. The molecule has 2 aromatic rings. The highest BCUT2D eigenvalue weighted by atomic mass is 35.5. The van der Waals surface area contributed by atoms with Crippen LogP contribution >= 0.6 is 22.9 Å². The van der Waals surface area contributed by atoms with E-state index in [1.807, 2.05) is 13.0 Å². The number of carbonyl (C=O) groups excluding carboxylic acids is 2. The van der Waals surface area contributed by atoms with Crippen LogP contribution in [0.3, 0.4) is 0 Å². The summed E-state index contributed by atoms with van der Waals surface area (Å²) in [7, 11) is 2.10. The zero-order chi connectivity index (χ0) is 36.4. The zero-order valence-electron chi connectivity index (χ0n) is 31.9. The van der Waals surface area contributed by atoms with E-state index in [2.05, 4.69) is 29.8 Å². The maximum Gasteiger partial charge on any atom is 0.423 e. The number of rotatable bonds is 22. The molecule has 51 heavy (non-hydrogen) atoms. The average Bonchev–Trinajstić information content (AvgIpc) is 3.40. The van der Waals surface area contributed by atoms with Crippen molar-refractivity contribution in [3.63, 3.8) is 0 Å². The number of hydrogen-bond donors (Lipinski definition) is 0. The molecule has 1 amide bonds. The maximum absolute atomic E-state index is 14.1. The molecule has 1 aromatic carbocycles. The van der Waals surface area contributed by atoms with Gasteiger partial charge in [-0.3, -0.25) is 4.79 Å². The van der Waals surface area contributed by atoms with Crippen molar-refractivity contribution in [2.75, 3.05) is 38.1 Å². The van der Waals surface area contributed by atoms with Gasteiger partial charge in [-0.05, 0) is 44.7 Å². The van der Waals surface area contributed by atoms with Crippen molar-refractivity contribution in [3.8, 4) is 0 Å². The Balaban J connectivity index is 1.17. The molecular formula is C41H63ClN4O4S. The molecule has 0 aliphatic carbocycles. The summed E-state index contributed by atoms with van der Waals surface area (Å²) in [4.78, 5) is 38.9. The second-order valence-corrected chi connectivity index (χ2v) is 16.1. The number of hydrogen-bond acceptors (Lipinski definition) is 8. The number of ether oxygens (including phenoxy) is 2. The molecule has 0 spiro atoms. The minimum Gasteiger partial charge on any atom is -0.425 e. The van der Waals surface area contributed by atoms with Crippen LogP contribution in [0.1, 0.15) is 141 Å². The first-order valence-electron chi connectivity index (χ1n) is 19.9. The number of piperazine rings is 1. The fraction of sp³-hybridized carbons (Fsp3) is 0.683. The van der Waals surface area contributed by atoms with E-state index in [4.69, 9.17) is 26.1 Å². The van der Waals surface area contributed by atoms with Gasteiger partial charge >= 0.3 is 12.1 Å². The Morgan fingerprint density at radius 1 is 0.804 bits per heavy atom. The van der Waals surface area contributed by atoms with Crippen LogP contribution in [0.2, 0.25) is 5.02 Å². The predicted octanol–water partition coefficient (Wildman–Crippen LogP) is 10.3. The molecule has 4 rings (SSSR count). The first-order valence-corrected chi connectivity index (χ1v) is 21.1. The Kier molecular flexibility index (Phi) is 18.1. The van der Waals surface area contributed by atoms with E-state index in [9.17, 15) is 9.59 Å². The van der Waals surface area contributed by atoms with Crippen molar-refractivity contribution < 1.29 is 19.1 Å². The van der Waals surface area contributed by atoms with Gasteiger partial charge in [-0.15, -0.1) is 11.3 Å². The molecule has 8 nitrogen and oxygen atoms in total. The topological polar surface area (TPSA) is 74.7 Å². The van der Waals surface area contributed by atoms with E-state index in [0.717, 1.165) is 66.0 Å². The minimum absolute atomic E-state index is 0.317. The van der Waals surface area contributed by atoms with Crippen molar-refractivity contribution in [2.45, 2.75) is 149 Å². The van der Waals surface area contributed by atoms with Crippen LogP contribution in [-0.2, 0) is 14.3 Å². The van der Waals surface area contributed by atoms with Gasteiger partial charge in [0.2, 0.25) is 6.29 Å². The van der Waals surface area contributed by atoms with E-state index >= 15 is 0 Å². The summed E-state index contributed by atoms with van der Waals surface area (Å²) in [5.74, 6) is 0.370. The van der Waals surface area contributed by atoms with E-state index in [0.29, 0.717) is 22.8 Å². The van der Waals surface area contributed by atoms with E-state index < -0.39 is 12.4 Å². The fourth-order valence-electron chi connectivity index (χ4n) is 7.01. The normalized spacial score (nSPS) is 15.2. The average molecular weight is 743 g/mol. The molecule has 1 unspecified atom stereocenters. The molecule has 3 heterocycles. The second-order valence-electron chi connectivity index (χ2n) is 14.5. The maximum atomic E-state index is 14.1. The second kappa shape index (κ2) is 22.4. The quantitative estimate of drug-likeness (QED) is 0.0679. The lowest BCUT2D eigenvalue weighted by atomic mass is 10.0. The molecule has 284 valence electrons. The number of halogens is 1. The number of aryl methyl sites for hydroxylation is 1. The van der Waals surface area contributed by atoms with Crippen molar-refractivity contribution in [1.82, 2.24) is 9.80 Å². The lowest BCUT2D eigenvalue weighted by Gasteiger charge is -2.39. The third kappa shape index (κ3) is 13.7. The van der Waals surface area contributed by atoms with E-state index in [-0.39, 0.29) is 5.97 Å². The van der Waals surface area contributed by atoms with Crippen molar-refractivity contribution in [1.29, 1.82) is 0 Å². The Morgan fingerprint density at radius 3 is 1.92 bits per heavy atom. The molecule has 0 bridgehead atoms. The number of esters is 1. The van der Waals surface area contributed by atoms with E-state index in [1.165, 1.54) is 96.3 Å². The van der Waals surface area contributed by atoms with Crippen LogP contribution in [0.15, 0.2) is 29.3 Å². The Bertz CT molecular complexity index is 1490. The third-order valence-electron chi connectivity index (χ3n) is 9.97. The fourth-order valence-corrected chi connectivity index (χ4v) is 8.06. The van der Waals surface area contributed by atoms with Gasteiger partial charge in [0.05, 0.1) is 16.6 Å². The summed E-state index contributed by atoms with van der Waals surface area (Å²) in [6, 6.07) is 7.43. The van der Waals surface area contributed by atoms with Crippen molar-refractivity contribution >= 4 is 52.2 Å². The number of fused-ring (bicyclic) bond motifs is 2. The smallest absolute Gasteiger partial charge is 0.423 e. The van der Waals surface area contributed by atoms with E-state index in [1.54, 1.807) is 35.3 Å². The van der Waals surface area contributed by atoms with Gasteiger partial charge in [-0.1, -0.05) is 128 Å². The first kappa shape index (κ1) is 41.1. The molecule has 0 radical (unpaired) electrons. The highest BCUT2D eigenvalue weighted by Crippen LogP contribution is 2.37. The van der Waals surface area contributed by atoms with Gasteiger partial charge in [0.25, 0.3) is 0 Å².